The Morgan fingerprint density at radius 3 is 2.50 bits per heavy atom. The largest absolute Gasteiger partial charge is 0.508 e. The Kier molecular flexibility index (Phi) is 5.31. The van der Waals surface area contributed by atoms with Crippen LogP contribution in [0.1, 0.15) is 28.8 Å². The van der Waals surface area contributed by atoms with E-state index in [1.54, 1.807) is 30.3 Å². The van der Waals surface area contributed by atoms with Gasteiger partial charge in [-0.05, 0) is 68.4 Å². The van der Waals surface area contributed by atoms with Gasteiger partial charge in [-0.15, -0.1) is 0 Å². The lowest BCUT2D eigenvalue weighted by Gasteiger charge is -2.31. The Bertz CT molecular complexity index is 725. The van der Waals surface area contributed by atoms with Crippen molar-refractivity contribution in [3.8, 4) is 5.75 Å². The number of Topliss-reactive ketones (excluding diaryl/α,β-unsaturated/α-hetero) is 1. The summed E-state index contributed by atoms with van der Waals surface area (Å²) in [6.07, 6.45) is 1.55. The van der Waals surface area contributed by atoms with E-state index in [0.717, 1.165) is 30.4 Å². The van der Waals surface area contributed by atoms with E-state index in [9.17, 15) is 14.3 Å². The van der Waals surface area contributed by atoms with E-state index in [0.29, 0.717) is 17.7 Å². The number of piperidine rings is 1. The molecule has 0 spiro atoms. The summed E-state index contributed by atoms with van der Waals surface area (Å²) < 4.78 is 14.7. The van der Waals surface area contributed by atoms with Crippen LogP contribution >= 0.6 is 15.9 Å². The van der Waals surface area contributed by atoms with Gasteiger partial charge in [-0.25, -0.2) is 4.39 Å². The number of carbonyl (C=O) groups is 1. The molecule has 1 saturated heterocycles. The molecule has 1 aliphatic rings. The van der Waals surface area contributed by atoms with Crippen molar-refractivity contribution in [1.29, 1.82) is 0 Å². The molecule has 0 atom stereocenters. The Labute approximate surface area is 149 Å². The fourth-order valence-electron chi connectivity index (χ4n) is 3.12. The van der Waals surface area contributed by atoms with Gasteiger partial charge in [0.1, 0.15) is 11.6 Å². The van der Waals surface area contributed by atoms with Crippen LogP contribution < -0.4 is 0 Å². The summed E-state index contributed by atoms with van der Waals surface area (Å²) in [7, 11) is 0. The summed E-state index contributed by atoms with van der Waals surface area (Å²) in [5.74, 6) is 0.0966. The summed E-state index contributed by atoms with van der Waals surface area (Å²) in [6, 6.07) is 11.4. The summed E-state index contributed by atoms with van der Waals surface area (Å²) in [5, 5.41) is 9.31. The highest BCUT2D eigenvalue weighted by Crippen LogP contribution is 2.25. The Morgan fingerprint density at radius 1 is 1.17 bits per heavy atom. The second-order valence-electron chi connectivity index (χ2n) is 6.20. The van der Waals surface area contributed by atoms with Gasteiger partial charge < -0.3 is 5.11 Å². The summed E-state index contributed by atoms with van der Waals surface area (Å²) >= 11 is 3.37. The molecule has 24 heavy (non-hydrogen) atoms. The molecule has 0 amide bonds. The van der Waals surface area contributed by atoms with Crippen LogP contribution in [0.25, 0.3) is 0 Å². The average Bonchev–Trinajstić information content (AvgIpc) is 2.59. The van der Waals surface area contributed by atoms with Crippen molar-refractivity contribution < 1.29 is 14.3 Å². The van der Waals surface area contributed by atoms with Crippen LogP contribution in [-0.2, 0) is 6.54 Å². The minimum absolute atomic E-state index is 0.00171. The minimum atomic E-state index is -0.194. The number of rotatable bonds is 4. The monoisotopic (exact) mass is 391 g/mol. The van der Waals surface area contributed by atoms with Crippen LogP contribution in [-0.4, -0.2) is 28.9 Å². The van der Waals surface area contributed by atoms with Crippen molar-refractivity contribution in [2.45, 2.75) is 19.4 Å². The van der Waals surface area contributed by atoms with Gasteiger partial charge in [-0.3, -0.25) is 9.69 Å². The number of hydrogen-bond acceptors (Lipinski definition) is 3. The standard InChI is InChI=1S/C19H19BrFNO2/c20-16-3-6-18(21)15(11-16)12-22-9-7-14(8-10-22)19(24)13-1-4-17(23)5-2-13/h1-6,11,14,23H,7-10,12H2. The molecular weight excluding hydrogens is 373 g/mol. The van der Waals surface area contributed by atoms with Crippen LogP contribution in [0.5, 0.6) is 5.75 Å². The van der Waals surface area contributed by atoms with E-state index in [1.807, 2.05) is 6.07 Å². The predicted octanol–water partition coefficient (Wildman–Crippen LogP) is 4.39. The number of carbonyl (C=O) groups excluding carboxylic acids is 1. The molecule has 1 heterocycles. The van der Waals surface area contributed by atoms with Crippen molar-refractivity contribution in [2.75, 3.05) is 13.1 Å². The number of aromatic hydroxyl groups is 1. The van der Waals surface area contributed by atoms with Crippen molar-refractivity contribution in [3.63, 3.8) is 0 Å². The molecular formula is C19H19BrFNO2. The molecule has 3 nitrogen and oxygen atoms in total. The number of phenols is 1. The van der Waals surface area contributed by atoms with E-state index >= 15 is 0 Å². The van der Waals surface area contributed by atoms with Gasteiger partial charge in [0, 0.05) is 28.1 Å². The van der Waals surface area contributed by atoms with E-state index in [4.69, 9.17) is 0 Å². The summed E-state index contributed by atoms with van der Waals surface area (Å²) in [4.78, 5) is 14.7. The summed E-state index contributed by atoms with van der Waals surface area (Å²) in [6.45, 7) is 2.12. The van der Waals surface area contributed by atoms with Gasteiger partial charge in [0.25, 0.3) is 0 Å². The molecule has 1 aliphatic heterocycles. The zero-order chi connectivity index (χ0) is 17.1. The van der Waals surface area contributed by atoms with E-state index < -0.39 is 0 Å². The molecule has 0 bridgehead atoms. The second kappa shape index (κ2) is 7.45. The first-order valence-corrected chi connectivity index (χ1v) is 8.82. The topological polar surface area (TPSA) is 40.5 Å². The van der Waals surface area contributed by atoms with Gasteiger partial charge in [-0.2, -0.15) is 0 Å². The Balaban J connectivity index is 1.58. The lowest BCUT2D eigenvalue weighted by atomic mass is 9.88. The maximum atomic E-state index is 13.9. The quantitative estimate of drug-likeness (QED) is 0.785. The van der Waals surface area contributed by atoms with E-state index in [-0.39, 0.29) is 23.3 Å². The van der Waals surface area contributed by atoms with Crippen LogP contribution in [0.3, 0.4) is 0 Å². The van der Waals surface area contributed by atoms with Gasteiger partial charge in [0.05, 0.1) is 0 Å². The highest BCUT2D eigenvalue weighted by molar-refractivity contribution is 9.10. The van der Waals surface area contributed by atoms with Crippen LogP contribution in [0.4, 0.5) is 4.39 Å². The van der Waals surface area contributed by atoms with Crippen LogP contribution in [0.2, 0.25) is 0 Å². The zero-order valence-electron chi connectivity index (χ0n) is 13.2. The number of nitrogens with zero attached hydrogens (tertiary/aromatic N) is 1. The number of benzene rings is 2. The molecule has 3 rings (SSSR count). The first kappa shape index (κ1) is 17.1. The van der Waals surface area contributed by atoms with Crippen molar-refractivity contribution in [1.82, 2.24) is 4.90 Å². The smallest absolute Gasteiger partial charge is 0.166 e. The molecule has 1 fully saturated rings. The predicted molar refractivity (Wildman–Crippen MR) is 94.5 cm³/mol. The normalized spacial score (nSPS) is 16.2. The number of likely N-dealkylation sites (tertiary alicyclic amines) is 1. The number of phenolic OH excluding ortho intramolecular Hbond substituents is 1. The minimum Gasteiger partial charge on any atom is -0.508 e. The van der Waals surface area contributed by atoms with Crippen LogP contribution in [0, 0.1) is 11.7 Å². The maximum absolute atomic E-state index is 13.9. The highest BCUT2D eigenvalue weighted by atomic mass is 79.9. The van der Waals surface area contributed by atoms with Crippen LogP contribution in [0.15, 0.2) is 46.9 Å². The lowest BCUT2D eigenvalue weighted by Crippen LogP contribution is -2.36. The van der Waals surface area contributed by atoms with Crippen molar-refractivity contribution in [2.24, 2.45) is 5.92 Å². The Hall–Kier alpha value is -1.72. The molecule has 0 aromatic heterocycles. The first-order chi connectivity index (χ1) is 11.5. The Morgan fingerprint density at radius 2 is 1.83 bits per heavy atom. The first-order valence-electron chi connectivity index (χ1n) is 8.02. The average molecular weight is 392 g/mol. The van der Waals surface area contributed by atoms with E-state index in [2.05, 4.69) is 20.8 Å². The third-order valence-electron chi connectivity index (χ3n) is 4.51. The van der Waals surface area contributed by atoms with E-state index in [1.165, 1.54) is 6.07 Å². The second-order valence-corrected chi connectivity index (χ2v) is 7.11. The molecule has 2 aromatic carbocycles. The SMILES string of the molecule is O=C(c1ccc(O)cc1)C1CCN(Cc2cc(Br)ccc2F)CC1. The molecule has 0 radical (unpaired) electrons. The fourth-order valence-corrected chi connectivity index (χ4v) is 3.53. The third-order valence-corrected chi connectivity index (χ3v) is 5.01. The fraction of sp³-hybridized carbons (Fsp3) is 0.316. The van der Waals surface area contributed by atoms with Crippen molar-refractivity contribution in [3.05, 3.63) is 63.9 Å². The third kappa shape index (κ3) is 4.02. The molecule has 0 unspecified atom stereocenters. The van der Waals surface area contributed by atoms with Gasteiger partial charge in [0.2, 0.25) is 0 Å². The molecule has 1 N–H and O–H groups in total. The molecule has 0 aliphatic carbocycles. The highest BCUT2D eigenvalue weighted by Gasteiger charge is 2.26. The van der Waals surface area contributed by atoms with Gasteiger partial charge in [0.15, 0.2) is 5.78 Å². The van der Waals surface area contributed by atoms with Crippen molar-refractivity contribution >= 4 is 21.7 Å². The maximum Gasteiger partial charge on any atom is 0.166 e. The molecule has 5 heteroatoms. The van der Waals surface area contributed by atoms with Gasteiger partial charge >= 0.3 is 0 Å². The molecule has 0 saturated carbocycles. The number of hydrogen-bond donors (Lipinski definition) is 1. The molecule has 2 aromatic rings. The van der Waals surface area contributed by atoms with Gasteiger partial charge in [-0.1, -0.05) is 15.9 Å². The number of halogens is 2. The zero-order valence-corrected chi connectivity index (χ0v) is 14.8. The summed E-state index contributed by atoms with van der Waals surface area (Å²) in [5.41, 5.74) is 1.32. The molecule has 126 valence electrons. The lowest BCUT2D eigenvalue weighted by molar-refractivity contribution is 0.0834. The number of ketones is 1.